The van der Waals surface area contributed by atoms with Gasteiger partial charge in [0.25, 0.3) is 10.2 Å². The first-order valence-corrected chi connectivity index (χ1v) is 7.20. The molecule has 6 nitrogen and oxygen atoms in total. The lowest BCUT2D eigenvalue weighted by Gasteiger charge is -2.30. The number of nitrogens with two attached hydrogens (primary N) is 1. The van der Waals surface area contributed by atoms with Crippen LogP contribution < -0.4 is 15.2 Å². The van der Waals surface area contributed by atoms with Gasteiger partial charge in [0.15, 0.2) is 0 Å². The van der Waals surface area contributed by atoms with Crippen molar-refractivity contribution in [3.8, 4) is 0 Å². The lowest BCUT2D eigenvalue weighted by Crippen LogP contribution is -2.55. The molecule has 0 aliphatic heterocycles. The fourth-order valence-electron chi connectivity index (χ4n) is 1.71. The standard InChI is InChI=1S/C10H25N3O3S/c1-9(2)7-10(3,8-11)13-17(14,15)12-5-6-16-4/h9,12-13H,5-8,11H2,1-4H3. The summed E-state index contributed by atoms with van der Waals surface area (Å²) in [6.07, 6.45) is 0.689. The maximum atomic E-state index is 11.7. The summed E-state index contributed by atoms with van der Waals surface area (Å²) in [5.41, 5.74) is 5.02. The molecule has 0 bridgehead atoms. The summed E-state index contributed by atoms with van der Waals surface area (Å²) in [4.78, 5) is 0. The summed E-state index contributed by atoms with van der Waals surface area (Å²) in [6, 6.07) is 0. The molecular weight excluding hydrogens is 242 g/mol. The first-order chi connectivity index (χ1) is 7.74. The molecule has 0 amide bonds. The van der Waals surface area contributed by atoms with Crippen LogP contribution in [0.2, 0.25) is 0 Å². The van der Waals surface area contributed by atoms with Gasteiger partial charge in [-0.1, -0.05) is 13.8 Å². The van der Waals surface area contributed by atoms with Crippen LogP contribution in [0.5, 0.6) is 0 Å². The zero-order valence-corrected chi connectivity index (χ0v) is 11.9. The van der Waals surface area contributed by atoms with Crippen molar-refractivity contribution < 1.29 is 13.2 Å². The van der Waals surface area contributed by atoms with Crippen molar-refractivity contribution in [3.63, 3.8) is 0 Å². The van der Waals surface area contributed by atoms with Crippen LogP contribution >= 0.6 is 0 Å². The molecule has 1 unspecified atom stereocenters. The van der Waals surface area contributed by atoms with E-state index in [0.29, 0.717) is 18.9 Å². The summed E-state index contributed by atoms with van der Waals surface area (Å²) < 4.78 is 33.2. The van der Waals surface area contributed by atoms with Crippen LogP contribution in [-0.4, -0.2) is 40.8 Å². The van der Waals surface area contributed by atoms with Crippen molar-refractivity contribution in [2.24, 2.45) is 11.7 Å². The lowest BCUT2D eigenvalue weighted by molar-refractivity contribution is 0.204. The van der Waals surface area contributed by atoms with Crippen LogP contribution in [0, 0.1) is 5.92 Å². The fraction of sp³-hybridized carbons (Fsp3) is 1.00. The second-order valence-electron chi connectivity index (χ2n) is 4.86. The third kappa shape index (κ3) is 7.67. The summed E-state index contributed by atoms with van der Waals surface area (Å²) in [5.74, 6) is 0.366. The molecule has 0 aliphatic rings. The monoisotopic (exact) mass is 267 g/mol. The normalized spacial score (nSPS) is 16.1. The maximum absolute atomic E-state index is 11.7. The Bertz CT molecular complexity index is 306. The number of rotatable bonds is 9. The molecule has 0 aromatic carbocycles. The molecule has 104 valence electrons. The van der Waals surface area contributed by atoms with Crippen molar-refractivity contribution in [2.45, 2.75) is 32.7 Å². The van der Waals surface area contributed by atoms with Crippen molar-refractivity contribution in [1.82, 2.24) is 9.44 Å². The molecule has 0 fully saturated rings. The van der Waals surface area contributed by atoms with E-state index in [4.69, 9.17) is 10.5 Å². The van der Waals surface area contributed by atoms with Gasteiger partial charge in [0.1, 0.15) is 0 Å². The highest BCUT2D eigenvalue weighted by atomic mass is 32.2. The molecule has 7 heteroatoms. The van der Waals surface area contributed by atoms with Gasteiger partial charge in [-0.05, 0) is 19.3 Å². The van der Waals surface area contributed by atoms with E-state index in [1.807, 2.05) is 20.8 Å². The maximum Gasteiger partial charge on any atom is 0.277 e. The highest BCUT2D eigenvalue weighted by Gasteiger charge is 2.28. The Balaban J connectivity index is 4.44. The smallest absolute Gasteiger partial charge is 0.277 e. The fourth-order valence-corrected chi connectivity index (χ4v) is 2.95. The summed E-state index contributed by atoms with van der Waals surface area (Å²) >= 11 is 0. The van der Waals surface area contributed by atoms with Crippen LogP contribution in [0.1, 0.15) is 27.2 Å². The third-order valence-corrected chi connectivity index (χ3v) is 3.63. The lowest BCUT2D eigenvalue weighted by atomic mass is 9.92. The van der Waals surface area contributed by atoms with Gasteiger partial charge in [-0.3, -0.25) is 0 Å². The second kappa shape index (κ2) is 7.27. The van der Waals surface area contributed by atoms with E-state index in [1.165, 1.54) is 7.11 Å². The highest BCUT2D eigenvalue weighted by Crippen LogP contribution is 2.15. The Hall–Kier alpha value is -0.210. The number of methoxy groups -OCH3 is 1. The van der Waals surface area contributed by atoms with Gasteiger partial charge in [-0.15, -0.1) is 0 Å². The first-order valence-electron chi connectivity index (χ1n) is 5.72. The molecule has 0 aliphatic carbocycles. The molecule has 0 aromatic rings. The molecule has 0 radical (unpaired) electrons. The van der Waals surface area contributed by atoms with Gasteiger partial charge < -0.3 is 10.5 Å². The number of hydrogen-bond acceptors (Lipinski definition) is 4. The van der Waals surface area contributed by atoms with Crippen LogP contribution in [0.15, 0.2) is 0 Å². The Morgan fingerprint density at radius 3 is 2.41 bits per heavy atom. The van der Waals surface area contributed by atoms with Gasteiger partial charge in [-0.2, -0.15) is 17.9 Å². The summed E-state index contributed by atoms with van der Waals surface area (Å²) in [6.45, 7) is 6.71. The molecule has 0 rings (SSSR count). The predicted octanol–water partition coefficient (Wildman–Crippen LogP) is -0.180. The Morgan fingerprint density at radius 1 is 1.41 bits per heavy atom. The van der Waals surface area contributed by atoms with Gasteiger partial charge in [0.2, 0.25) is 0 Å². The van der Waals surface area contributed by atoms with Crippen LogP contribution in [0.4, 0.5) is 0 Å². The molecule has 17 heavy (non-hydrogen) atoms. The van der Waals surface area contributed by atoms with Crippen molar-refractivity contribution in [2.75, 3.05) is 26.8 Å². The topological polar surface area (TPSA) is 93.4 Å². The largest absolute Gasteiger partial charge is 0.383 e. The Labute approximate surface area is 104 Å². The van der Waals surface area contributed by atoms with E-state index in [-0.39, 0.29) is 13.1 Å². The number of hydrogen-bond donors (Lipinski definition) is 3. The zero-order chi connectivity index (χ0) is 13.5. The molecule has 0 saturated carbocycles. The average Bonchev–Trinajstić information content (AvgIpc) is 2.15. The molecular formula is C10H25N3O3S. The molecule has 1 atom stereocenters. The van der Waals surface area contributed by atoms with Gasteiger partial charge in [0, 0.05) is 25.7 Å². The SMILES string of the molecule is COCCNS(=O)(=O)NC(C)(CN)CC(C)C. The van der Waals surface area contributed by atoms with E-state index in [2.05, 4.69) is 9.44 Å². The molecule has 0 aromatic heterocycles. The minimum atomic E-state index is -3.53. The van der Waals surface area contributed by atoms with Crippen LogP contribution in [-0.2, 0) is 14.9 Å². The molecule has 0 saturated heterocycles. The highest BCUT2D eigenvalue weighted by molar-refractivity contribution is 7.87. The van der Waals surface area contributed by atoms with E-state index in [0.717, 1.165) is 0 Å². The molecule has 0 spiro atoms. The third-order valence-electron chi connectivity index (χ3n) is 2.29. The van der Waals surface area contributed by atoms with Crippen molar-refractivity contribution in [3.05, 3.63) is 0 Å². The Morgan fingerprint density at radius 2 is 2.00 bits per heavy atom. The zero-order valence-electron chi connectivity index (χ0n) is 11.1. The number of ether oxygens (including phenoxy) is 1. The molecule has 4 N–H and O–H groups in total. The predicted molar refractivity (Wildman–Crippen MR) is 68.8 cm³/mol. The van der Waals surface area contributed by atoms with Crippen molar-refractivity contribution in [1.29, 1.82) is 0 Å². The second-order valence-corrected chi connectivity index (χ2v) is 6.36. The van der Waals surface area contributed by atoms with E-state index in [9.17, 15) is 8.42 Å². The minimum Gasteiger partial charge on any atom is -0.383 e. The number of nitrogens with one attached hydrogen (secondary N) is 2. The van der Waals surface area contributed by atoms with Crippen molar-refractivity contribution >= 4 is 10.2 Å². The molecule has 0 heterocycles. The quantitative estimate of drug-likeness (QED) is 0.505. The first kappa shape index (κ1) is 16.8. The minimum absolute atomic E-state index is 0.244. The summed E-state index contributed by atoms with van der Waals surface area (Å²) in [7, 11) is -2.01. The van der Waals surface area contributed by atoms with E-state index < -0.39 is 15.7 Å². The van der Waals surface area contributed by atoms with Gasteiger partial charge >= 0.3 is 0 Å². The average molecular weight is 267 g/mol. The summed E-state index contributed by atoms with van der Waals surface area (Å²) in [5, 5.41) is 0. The van der Waals surface area contributed by atoms with E-state index >= 15 is 0 Å². The van der Waals surface area contributed by atoms with E-state index in [1.54, 1.807) is 0 Å². The van der Waals surface area contributed by atoms with Crippen LogP contribution in [0.3, 0.4) is 0 Å². The Kier molecular flexibility index (Phi) is 7.18. The van der Waals surface area contributed by atoms with Crippen LogP contribution in [0.25, 0.3) is 0 Å². The van der Waals surface area contributed by atoms with Gasteiger partial charge in [-0.25, -0.2) is 0 Å². The van der Waals surface area contributed by atoms with Gasteiger partial charge in [0.05, 0.1) is 6.61 Å².